The molecule has 2 aliphatic rings. The number of hydrogen-bond donors (Lipinski definition) is 0. The average Bonchev–Trinajstić information content (AvgIpc) is 2.88. The first-order chi connectivity index (χ1) is 11.6. The highest BCUT2D eigenvalue weighted by molar-refractivity contribution is 7.89. The summed E-state index contributed by atoms with van der Waals surface area (Å²) in [5.41, 5.74) is -0.244. The molecule has 1 aromatic carbocycles. The van der Waals surface area contributed by atoms with Crippen LogP contribution in [0.25, 0.3) is 0 Å². The van der Waals surface area contributed by atoms with Crippen LogP contribution in [0.2, 0.25) is 0 Å². The molecule has 0 saturated carbocycles. The number of benzene rings is 1. The molecule has 0 radical (unpaired) electrons. The molecule has 2 fully saturated rings. The summed E-state index contributed by atoms with van der Waals surface area (Å²) in [6.07, 6.45) is 0.208. The van der Waals surface area contributed by atoms with E-state index in [2.05, 4.69) is 0 Å². The third-order valence-corrected chi connectivity index (χ3v) is 6.65. The van der Waals surface area contributed by atoms with Crippen molar-refractivity contribution in [1.29, 1.82) is 0 Å². The molecule has 136 valence electrons. The molecule has 0 N–H and O–H groups in total. The Morgan fingerprint density at radius 3 is 2.20 bits per heavy atom. The van der Waals surface area contributed by atoms with E-state index in [9.17, 15) is 18.0 Å². The fourth-order valence-electron chi connectivity index (χ4n) is 3.13. The number of carbonyl (C=O) groups excluding carboxylic acids is 2. The highest BCUT2D eigenvalue weighted by Gasteiger charge is 2.42. The second-order valence-electron chi connectivity index (χ2n) is 7.09. The molecule has 2 amide bonds. The van der Waals surface area contributed by atoms with E-state index in [0.717, 1.165) is 4.90 Å². The van der Waals surface area contributed by atoms with Gasteiger partial charge in [-0.05, 0) is 45.0 Å². The Bertz CT molecular complexity index is 785. The molecule has 0 spiro atoms. The number of amides is 2. The number of morpholine rings is 1. The number of sulfonamides is 1. The van der Waals surface area contributed by atoms with Crippen molar-refractivity contribution in [2.45, 2.75) is 50.2 Å². The number of carbonyl (C=O) groups is 2. The van der Waals surface area contributed by atoms with E-state index in [1.165, 1.54) is 28.6 Å². The van der Waals surface area contributed by atoms with Gasteiger partial charge in [0.05, 0.1) is 28.8 Å². The van der Waals surface area contributed by atoms with Crippen LogP contribution < -0.4 is 4.90 Å². The molecule has 2 heterocycles. The van der Waals surface area contributed by atoms with Crippen LogP contribution in [0.15, 0.2) is 29.2 Å². The van der Waals surface area contributed by atoms with Gasteiger partial charge in [0.1, 0.15) is 0 Å². The van der Waals surface area contributed by atoms with Crippen molar-refractivity contribution in [1.82, 2.24) is 4.31 Å². The van der Waals surface area contributed by atoms with Crippen molar-refractivity contribution in [3.63, 3.8) is 0 Å². The van der Waals surface area contributed by atoms with Crippen LogP contribution in [0, 0.1) is 0 Å². The maximum atomic E-state index is 13.0. The molecule has 0 aliphatic carbocycles. The predicted octanol–water partition coefficient (Wildman–Crippen LogP) is 1.53. The summed E-state index contributed by atoms with van der Waals surface area (Å²) >= 11 is 0. The Labute approximate surface area is 147 Å². The van der Waals surface area contributed by atoms with Crippen molar-refractivity contribution in [2.24, 2.45) is 0 Å². The second-order valence-corrected chi connectivity index (χ2v) is 8.95. The van der Waals surface area contributed by atoms with Gasteiger partial charge < -0.3 is 4.74 Å². The van der Waals surface area contributed by atoms with E-state index in [-0.39, 0.29) is 42.2 Å². The average molecular weight is 366 g/mol. The Morgan fingerprint density at radius 1 is 1.08 bits per heavy atom. The summed E-state index contributed by atoms with van der Waals surface area (Å²) in [7, 11) is -3.70. The van der Waals surface area contributed by atoms with Crippen molar-refractivity contribution in [2.75, 3.05) is 18.1 Å². The van der Waals surface area contributed by atoms with Crippen LogP contribution in [0.4, 0.5) is 5.69 Å². The number of hydrogen-bond acceptors (Lipinski definition) is 5. The van der Waals surface area contributed by atoms with Gasteiger partial charge in [0.2, 0.25) is 21.8 Å². The normalized spacial score (nSPS) is 24.8. The molecule has 8 heteroatoms. The van der Waals surface area contributed by atoms with Crippen LogP contribution in [0.5, 0.6) is 0 Å². The molecular weight excluding hydrogens is 344 g/mol. The Balaban J connectivity index is 1.91. The Morgan fingerprint density at radius 2 is 1.64 bits per heavy atom. The molecule has 0 bridgehead atoms. The first-order valence-corrected chi connectivity index (χ1v) is 9.67. The first kappa shape index (κ1) is 18.0. The Kier molecular flexibility index (Phi) is 4.47. The standard InChI is InChI=1S/C17H22N2O5S/c1-12-10-18(17(2,3)11-24-12)25(22,23)14-6-4-13(5-7-14)19-15(20)8-9-16(19)21/h4-7,12H,8-11H2,1-3H3. The monoisotopic (exact) mass is 366 g/mol. The summed E-state index contributed by atoms with van der Waals surface area (Å²) in [6.45, 7) is 6.09. The fourth-order valence-corrected chi connectivity index (χ4v) is 4.98. The summed E-state index contributed by atoms with van der Waals surface area (Å²) in [4.78, 5) is 24.8. The van der Waals surface area contributed by atoms with Crippen molar-refractivity contribution in [3.8, 4) is 0 Å². The van der Waals surface area contributed by atoms with E-state index in [1.54, 1.807) is 0 Å². The lowest BCUT2D eigenvalue weighted by molar-refractivity contribution is -0.121. The molecule has 25 heavy (non-hydrogen) atoms. The van der Waals surface area contributed by atoms with Gasteiger partial charge in [0.25, 0.3) is 0 Å². The van der Waals surface area contributed by atoms with Gasteiger partial charge in [0, 0.05) is 19.4 Å². The van der Waals surface area contributed by atoms with Crippen LogP contribution in [-0.4, -0.2) is 49.3 Å². The van der Waals surface area contributed by atoms with Crippen molar-refractivity contribution >= 4 is 27.5 Å². The van der Waals surface area contributed by atoms with Gasteiger partial charge in [-0.25, -0.2) is 8.42 Å². The van der Waals surface area contributed by atoms with Gasteiger partial charge >= 0.3 is 0 Å². The van der Waals surface area contributed by atoms with Gasteiger partial charge in [-0.2, -0.15) is 4.31 Å². The third kappa shape index (κ3) is 3.21. The summed E-state index contributed by atoms with van der Waals surface area (Å²) in [6, 6.07) is 5.90. The minimum atomic E-state index is -3.70. The molecule has 0 aromatic heterocycles. The van der Waals surface area contributed by atoms with E-state index in [0.29, 0.717) is 12.3 Å². The van der Waals surface area contributed by atoms with Gasteiger partial charge in [-0.3, -0.25) is 14.5 Å². The minimum absolute atomic E-state index is 0.137. The first-order valence-electron chi connectivity index (χ1n) is 8.23. The number of anilines is 1. The van der Waals surface area contributed by atoms with E-state index >= 15 is 0 Å². The molecule has 1 aromatic rings. The summed E-state index contributed by atoms with van der Waals surface area (Å²) in [5, 5.41) is 0. The topological polar surface area (TPSA) is 84.0 Å². The quantitative estimate of drug-likeness (QED) is 0.758. The number of rotatable bonds is 3. The zero-order valence-corrected chi connectivity index (χ0v) is 15.4. The predicted molar refractivity (Wildman–Crippen MR) is 91.6 cm³/mol. The SMILES string of the molecule is CC1CN(S(=O)(=O)c2ccc(N3C(=O)CCC3=O)cc2)C(C)(C)CO1. The number of nitrogens with zero attached hydrogens (tertiary/aromatic N) is 2. The lowest BCUT2D eigenvalue weighted by Gasteiger charge is -2.43. The number of ether oxygens (including phenoxy) is 1. The highest BCUT2D eigenvalue weighted by atomic mass is 32.2. The molecular formula is C17H22N2O5S. The lowest BCUT2D eigenvalue weighted by Crippen LogP contribution is -2.57. The zero-order valence-electron chi connectivity index (χ0n) is 14.6. The van der Waals surface area contributed by atoms with Crippen LogP contribution >= 0.6 is 0 Å². The van der Waals surface area contributed by atoms with Crippen molar-refractivity contribution < 1.29 is 22.7 Å². The molecule has 3 rings (SSSR count). The molecule has 1 atom stereocenters. The van der Waals surface area contributed by atoms with Gasteiger partial charge in [0.15, 0.2) is 0 Å². The van der Waals surface area contributed by atoms with Crippen molar-refractivity contribution in [3.05, 3.63) is 24.3 Å². The molecule has 2 aliphatic heterocycles. The smallest absolute Gasteiger partial charge is 0.243 e. The van der Waals surface area contributed by atoms with E-state index in [1.807, 2.05) is 20.8 Å². The lowest BCUT2D eigenvalue weighted by atomic mass is 10.1. The summed E-state index contributed by atoms with van der Waals surface area (Å²) in [5.74, 6) is -0.521. The van der Waals surface area contributed by atoms with E-state index < -0.39 is 15.6 Å². The highest BCUT2D eigenvalue weighted by Crippen LogP contribution is 2.31. The summed E-state index contributed by atoms with van der Waals surface area (Å²) < 4.78 is 33.1. The van der Waals surface area contributed by atoms with E-state index in [4.69, 9.17) is 4.74 Å². The number of imide groups is 1. The largest absolute Gasteiger partial charge is 0.375 e. The Hall–Kier alpha value is -1.77. The van der Waals surface area contributed by atoms with Gasteiger partial charge in [-0.1, -0.05) is 0 Å². The van der Waals surface area contributed by atoms with Gasteiger partial charge in [-0.15, -0.1) is 0 Å². The fraction of sp³-hybridized carbons (Fsp3) is 0.529. The zero-order chi connectivity index (χ0) is 18.4. The molecule has 1 unspecified atom stereocenters. The maximum absolute atomic E-state index is 13.0. The third-order valence-electron chi connectivity index (χ3n) is 4.55. The van der Waals surface area contributed by atoms with Crippen LogP contribution in [0.3, 0.4) is 0 Å². The van der Waals surface area contributed by atoms with Crippen LogP contribution in [0.1, 0.15) is 33.6 Å². The minimum Gasteiger partial charge on any atom is -0.375 e. The maximum Gasteiger partial charge on any atom is 0.243 e. The molecule has 2 saturated heterocycles. The molecule has 7 nitrogen and oxygen atoms in total. The van der Waals surface area contributed by atoms with Crippen LogP contribution in [-0.2, 0) is 24.3 Å². The second kappa shape index (κ2) is 6.19.